The minimum absolute atomic E-state index is 0.0371. The van der Waals surface area contributed by atoms with E-state index in [9.17, 15) is 13.2 Å². The molecule has 1 amide bonds. The van der Waals surface area contributed by atoms with Crippen molar-refractivity contribution >= 4 is 51.0 Å². The van der Waals surface area contributed by atoms with Crippen molar-refractivity contribution < 1.29 is 27.4 Å². The Balaban J connectivity index is 1.49. The molecule has 0 spiro atoms. The van der Waals surface area contributed by atoms with Crippen LogP contribution in [0.3, 0.4) is 0 Å². The van der Waals surface area contributed by atoms with E-state index in [1.165, 1.54) is 37.6 Å². The van der Waals surface area contributed by atoms with E-state index >= 15 is 0 Å². The van der Waals surface area contributed by atoms with Crippen molar-refractivity contribution in [3.63, 3.8) is 0 Å². The summed E-state index contributed by atoms with van der Waals surface area (Å²) in [6.07, 6.45) is 1.41. The molecule has 0 aromatic heterocycles. The molecule has 0 heterocycles. The fourth-order valence-corrected chi connectivity index (χ4v) is 5.63. The van der Waals surface area contributed by atoms with Gasteiger partial charge in [-0.3, -0.25) is 9.10 Å². The number of ether oxygens (including phenoxy) is 3. The van der Waals surface area contributed by atoms with E-state index in [4.69, 9.17) is 37.4 Å². The van der Waals surface area contributed by atoms with Crippen molar-refractivity contribution in [2.75, 3.05) is 24.6 Å². The van der Waals surface area contributed by atoms with Crippen molar-refractivity contribution in [1.82, 2.24) is 5.43 Å². The van der Waals surface area contributed by atoms with Crippen LogP contribution in [0.25, 0.3) is 0 Å². The van der Waals surface area contributed by atoms with Gasteiger partial charge in [0, 0.05) is 10.0 Å². The topological polar surface area (TPSA) is 107 Å². The number of anilines is 1. The van der Waals surface area contributed by atoms with Crippen molar-refractivity contribution in [2.24, 2.45) is 5.10 Å². The zero-order chi connectivity index (χ0) is 30.8. The molecule has 0 saturated heterocycles. The maximum absolute atomic E-state index is 13.7. The number of carbonyl (C=O) groups is 1. The number of methoxy groups -OCH3 is 1. The molecule has 4 rings (SSSR count). The molecule has 9 nitrogen and oxygen atoms in total. The van der Waals surface area contributed by atoms with Crippen LogP contribution in [0, 0.1) is 0 Å². The zero-order valence-electron chi connectivity index (χ0n) is 23.4. The average Bonchev–Trinajstić information content (AvgIpc) is 3.00. The smallest absolute Gasteiger partial charge is 0.264 e. The Morgan fingerprint density at radius 3 is 2.23 bits per heavy atom. The van der Waals surface area contributed by atoms with Gasteiger partial charge in [-0.15, -0.1) is 0 Å². The van der Waals surface area contributed by atoms with Crippen LogP contribution in [0.15, 0.2) is 101 Å². The van der Waals surface area contributed by atoms with Gasteiger partial charge in [0.05, 0.1) is 30.5 Å². The minimum Gasteiger partial charge on any atom is -0.493 e. The van der Waals surface area contributed by atoms with Crippen LogP contribution in [0.4, 0.5) is 5.69 Å². The number of sulfonamides is 1. The van der Waals surface area contributed by atoms with Gasteiger partial charge in [-0.1, -0.05) is 47.5 Å². The molecular weight excluding hydrogens is 613 g/mol. The van der Waals surface area contributed by atoms with E-state index in [1.807, 2.05) is 12.1 Å². The quantitative estimate of drug-likeness (QED) is 0.135. The number of hydrogen-bond acceptors (Lipinski definition) is 7. The number of benzene rings is 4. The number of rotatable bonds is 13. The molecule has 0 unspecified atom stereocenters. The van der Waals surface area contributed by atoms with Gasteiger partial charge >= 0.3 is 0 Å². The molecule has 0 radical (unpaired) electrons. The Labute approximate surface area is 260 Å². The molecule has 0 aliphatic heterocycles. The van der Waals surface area contributed by atoms with Gasteiger partial charge in [-0.2, -0.15) is 5.10 Å². The van der Waals surface area contributed by atoms with Gasteiger partial charge in [-0.25, -0.2) is 13.8 Å². The van der Waals surface area contributed by atoms with Crippen LogP contribution in [-0.4, -0.2) is 40.8 Å². The highest BCUT2D eigenvalue weighted by Gasteiger charge is 2.29. The number of nitrogens with zero attached hydrogens (tertiary/aromatic N) is 2. The van der Waals surface area contributed by atoms with Crippen LogP contribution in [-0.2, 0) is 21.4 Å². The monoisotopic (exact) mass is 641 g/mol. The second-order valence-corrected chi connectivity index (χ2v) is 11.7. The molecule has 0 fully saturated rings. The largest absolute Gasteiger partial charge is 0.493 e. The summed E-state index contributed by atoms with van der Waals surface area (Å²) in [7, 11) is -2.66. The second-order valence-electron chi connectivity index (χ2n) is 8.98. The van der Waals surface area contributed by atoms with Gasteiger partial charge in [0.2, 0.25) is 0 Å². The Hall–Kier alpha value is -4.25. The molecule has 1 N–H and O–H groups in total. The number of para-hydroxylation sites is 2. The zero-order valence-corrected chi connectivity index (χ0v) is 25.7. The summed E-state index contributed by atoms with van der Waals surface area (Å²) >= 11 is 11.9. The van der Waals surface area contributed by atoms with Crippen molar-refractivity contribution in [2.45, 2.75) is 18.4 Å². The molecule has 0 bridgehead atoms. The predicted molar refractivity (Wildman–Crippen MR) is 168 cm³/mol. The van der Waals surface area contributed by atoms with E-state index in [1.54, 1.807) is 61.5 Å². The van der Waals surface area contributed by atoms with E-state index in [-0.39, 0.29) is 10.6 Å². The average molecular weight is 643 g/mol. The number of amides is 1. The first-order valence-corrected chi connectivity index (χ1v) is 15.3. The standard InChI is InChI=1S/C31H29Cl2N3O6S/c1-3-41-28-7-5-4-6-27(28)36(43(38,39)26-15-13-25(33)14-16-26)20-31(37)35-34-19-23-10-17-29(30(18-23)40-2)42-21-22-8-11-24(32)12-9-22/h4-19H,3,20-21H2,1-2H3,(H,35,37)/b34-19-. The molecule has 43 heavy (non-hydrogen) atoms. The number of hydrazone groups is 1. The SMILES string of the molecule is CCOc1ccccc1N(CC(=O)N/N=C\c1ccc(OCc2ccc(Cl)cc2)c(OC)c1)S(=O)(=O)c1ccc(Cl)cc1. The number of carbonyl (C=O) groups excluding carboxylic acids is 1. The minimum atomic E-state index is -4.18. The number of nitrogens with one attached hydrogen (secondary N) is 1. The Bertz CT molecular complexity index is 1680. The van der Waals surface area contributed by atoms with E-state index in [0.29, 0.717) is 46.1 Å². The van der Waals surface area contributed by atoms with Crippen LogP contribution in [0.1, 0.15) is 18.1 Å². The summed E-state index contributed by atoms with van der Waals surface area (Å²) in [5.41, 5.74) is 4.16. The van der Waals surface area contributed by atoms with E-state index < -0.39 is 22.5 Å². The van der Waals surface area contributed by atoms with Gasteiger partial charge in [-0.05, 0) is 84.8 Å². The number of hydrogen-bond donors (Lipinski definition) is 1. The highest BCUT2D eigenvalue weighted by atomic mass is 35.5. The first-order valence-electron chi connectivity index (χ1n) is 13.1. The first kappa shape index (κ1) is 31.7. The molecule has 4 aromatic rings. The fourth-order valence-electron chi connectivity index (χ4n) is 3.94. The van der Waals surface area contributed by atoms with Crippen LogP contribution in [0.2, 0.25) is 10.0 Å². The molecule has 4 aromatic carbocycles. The lowest BCUT2D eigenvalue weighted by Crippen LogP contribution is -2.39. The van der Waals surface area contributed by atoms with Crippen LogP contribution >= 0.6 is 23.2 Å². The molecule has 0 atom stereocenters. The molecule has 0 aliphatic carbocycles. The van der Waals surface area contributed by atoms with Gasteiger partial charge in [0.25, 0.3) is 15.9 Å². The molecule has 0 saturated carbocycles. The molecule has 12 heteroatoms. The second kappa shape index (κ2) is 14.8. The van der Waals surface area contributed by atoms with E-state index in [2.05, 4.69) is 10.5 Å². The highest BCUT2D eigenvalue weighted by Crippen LogP contribution is 2.33. The van der Waals surface area contributed by atoms with Gasteiger partial charge in [0.1, 0.15) is 18.9 Å². The van der Waals surface area contributed by atoms with Crippen molar-refractivity contribution in [3.8, 4) is 17.2 Å². The maximum atomic E-state index is 13.7. The Morgan fingerprint density at radius 1 is 0.884 bits per heavy atom. The summed E-state index contributed by atoms with van der Waals surface area (Å²) in [6, 6.07) is 24.7. The van der Waals surface area contributed by atoms with Crippen molar-refractivity contribution in [1.29, 1.82) is 0 Å². The lowest BCUT2D eigenvalue weighted by Gasteiger charge is -2.25. The summed E-state index contributed by atoms with van der Waals surface area (Å²) < 4.78 is 45.3. The first-order chi connectivity index (χ1) is 20.7. The Kier molecular flexibility index (Phi) is 10.9. The maximum Gasteiger partial charge on any atom is 0.264 e. The third-order valence-electron chi connectivity index (χ3n) is 6.02. The Morgan fingerprint density at radius 2 is 1.56 bits per heavy atom. The molecule has 224 valence electrons. The lowest BCUT2D eigenvalue weighted by atomic mass is 10.2. The summed E-state index contributed by atoms with van der Waals surface area (Å²) in [4.78, 5) is 13.0. The summed E-state index contributed by atoms with van der Waals surface area (Å²) in [5, 5.41) is 5.04. The third kappa shape index (κ3) is 8.41. The molecular formula is C31H29Cl2N3O6S. The summed E-state index contributed by atoms with van der Waals surface area (Å²) in [6.45, 7) is 1.84. The lowest BCUT2D eigenvalue weighted by molar-refractivity contribution is -0.119. The van der Waals surface area contributed by atoms with Gasteiger partial charge in [0.15, 0.2) is 11.5 Å². The highest BCUT2D eigenvalue weighted by molar-refractivity contribution is 7.92. The van der Waals surface area contributed by atoms with Crippen molar-refractivity contribution in [3.05, 3.63) is 112 Å². The summed E-state index contributed by atoms with van der Waals surface area (Å²) in [5.74, 6) is 0.630. The fraction of sp³-hybridized carbons (Fsp3) is 0.161. The predicted octanol–water partition coefficient (Wildman–Crippen LogP) is 6.33. The van der Waals surface area contributed by atoms with E-state index in [0.717, 1.165) is 9.87 Å². The van der Waals surface area contributed by atoms with Crippen LogP contribution in [0.5, 0.6) is 17.2 Å². The normalized spacial score (nSPS) is 11.3. The molecule has 0 aliphatic rings. The van der Waals surface area contributed by atoms with Gasteiger partial charge < -0.3 is 14.2 Å². The third-order valence-corrected chi connectivity index (χ3v) is 8.30. The number of halogens is 2. The van der Waals surface area contributed by atoms with Crippen LogP contribution < -0.4 is 23.9 Å².